The van der Waals surface area contributed by atoms with Crippen molar-refractivity contribution in [3.63, 3.8) is 0 Å². The minimum Gasteiger partial charge on any atom is -0.492 e. The van der Waals surface area contributed by atoms with E-state index >= 15 is 0 Å². The van der Waals surface area contributed by atoms with Crippen LogP contribution in [0.3, 0.4) is 0 Å². The van der Waals surface area contributed by atoms with Crippen LogP contribution in [-0.2, 0) is 11.2 Å². The number of rotatable bonds is 12. The lowest BCUT2D eigenvalue weighted by Gasteiger charge is -2.18. The Kier molecular flexibility index (Phi) is 10.3. The van der Waals surface area contributed by atoms with E-state index in [9.17, 15) is 4.79 Å². The molecular weight excluding hydrogens is 302 g/mol. The molecule has 1 N–H and O–H groups in total. The number of amides is 1. The summed E-state index contributed by atoms with van der Waals surface area (Å²) in [5.41, 5.74) is 1.27. The normalized spacial score (nSPS) is 10.4. The van der Waals surface area contributed by atoms with E-state index in [0.29, 0.717) is 13.2 Å². The lowest BCUT2D eigenvalue weighted by Crippen LogP contribution is -2.27. The molecule has 0 spiro atoms. The molecule has 5 nitrogen and oxygen atoms in total. The van der Waals surface area contributed by atoms with Gasteiger partial charge in [0.2, 0.25) is 5.91 Å². The van der Waals surface area contributed by atoms with Gasteiger partial charge in [-0.25, -0.2) is 0 Å². The fourth-order valence-corrected chi connectivity index (χ4v) is 2.40. The smallest absolute Gasteiger partial charge is 0.234 e. The molecule has 1 amide bonds. The minimum absolute atomic E-state index is 0.0598. The Labute approximate surface area is 145 Å². The predicted octanol–water partition coefficient (Wildman–Crippen LogP) is 2.76. The number of nitriles is 1. The van der Waals surface area contributed by atoms with Gasteiger partial charge in [-0.15, -0.1) is 0 Å². The van der Waals surface area contributed by atoms with Gasteiger partial charge in [0.05, 0.1) is 6.07 Å². The molecule has 0 aliphatic heterocycles. The molecule has 0 heterocycles. The molecule has 0 unspecified atom stereocenters. The van der Waals surface area contributed by atoms with E-state index in [1.165, 1.54) is 5.56 Å². The Bertz CT molecular complexity index is 504. The Morgan fingerprint density at radius 1 is 1.21 bits per heavy atom. The highest BCUT2D eigenvalue weighted by Crippen LogP contribution is 2.14. The molecule has 5 heteroatoms. The van der Waals surface area contributed by atoms with Gasteiger partial charge in [-0.1, -0.05) is 26.0 Å². The average molecular weight is 331 g/mol. The van der Waals surface area contributed by atoms with E-state index in [4.69, 9.17) is 10.00 Å². The van der Waals surface area contributed by atoms with Crippen molar-refractivity contribution >= 4 is 5.91 Å². The third-order valence-electron chi connectivity index (χ3n) is 3.95. The molecule has 0 saturated carbocycles. The first-order valence-electron chi connectivity index (χ1n) is 8.77. The van der Waals surface area contributed by atoms with Crippen molar-refractivity contribution in [3.8, 4) is 11.8 Å². The third-order valence-corrected chi connectivity index (χ3v) is 3.95. The lowest BCUT2D eigenvalue weighted by atomic mass is 10.1. The molecule has 0 bridgehead atoms. The summed E-state index contributed by atoms with van der Waals surface area (Å²) in [4.78, 5) is 13.5. The highest BCUT2D eigenvalue weighted by molar-refractivity contribution is 5.77. The van der Waals surface area contributed by atoms with E-state index < -0.39 is 0 Å². The standard InChI is InChI=1S/C19H29N3O2/c1-3-22(4-2)15-16-24-18-10-8-17(9-11-18)7-5-6-14-21-19(23)12-13-20/h8-11H,3-7,12,14-16H2,1-2H3,(H,21,23). The molecule has 0 fully saturated rings. The summed E-state index contributed by atoms with van der Waals surface area (Å²) in [5, 5.41) is 11.1. The van der Waals surface area contributed by atoms with E-state index in [2.05, 4.69) is 36.2 Å². The largest absolute Gasteiger partial charge is 0.492 e. The van der Waals surface area contributed by atoms with Crippen LogP contribution in [0, 0.1) is 11.3 Å². The SMILES string of the molecule is CCN(CC)CCOc1ccc(CCCCNC(=O)CC#N)cc1. The number of nitrogens with zero attached hydrogens (tertiary/aromatic N) is 2. The first kappa shape index (κ1) is 20.0. The summed E-state index contributed by atoms with van der Waals surface area (Å²) >= 11 is 0. The number of carbonyl (C=O) groups excluding carboxylic acids is 1. The maximum atomic E-state index is 11.1. The van der Waals surface area contributed by atoms with Crippen molar-refractivity contribution in [1.29, 1.82) is 5.26 Å². The van der Waals surface area contributed by atoms with Crippen LogP contribution in [0.25, 0.3) is 0 Å². The number of ether oxygens (including phenoxy) is 1. The topological polar surface area (TPSA) is 65.4 Å². The first-order chi connectivity index (χ1) is 11.7. The van der Waals surface area contributed by atoms with Crippen LogP contribution in [0.2, 0.25) is 0 Å². The van der Waals surface area contributed by atoms with E-state index in [-0.39, 0.29) is 12.3 Å². The molecule has 1 rings (SSSR count). The molecule has 24 heavy (non-hydrogen) atoms. The van der Waals surface area contributed by atoms with Crippen molar-refractivity contribution in [2.75, 3.05) is 32.8 Å². The highest BCUT2D eigenvalue weighted by Gasteiger charge is 2.01. The van der Waals surface area contributed by atoms with Crippen molar-refractivity contribution in [1.82, 2.24) is 10.2 Å². The molecular formula is C19H29N3O2. The number of benzene rings is 1. The number of nitrogens with one attached hydrogen (secondary N) is 1. The summed E-state index contributed by atoms with van der Waals surface area (Å²) < 4.78 is 5.77. The van der Waals surface area contributed by atoms with Crippen LogP contribution in [0.4, 0.5) is 0 Å². The summed E-state index contributed by atoms with van der Waals surface area (Å²) in [6.45, 7) is 8.72. The zero-order valence-electron chi connectivity index (χ0n) is 14.9. The second-order valence-electron chi connectivity index (χ2n) is 5.66. The molecule has 1 aromatic rings. The van der Waals surface area contributed by atoms with Crippen LogP contribution in [-0.4, -0.2) is 43.6 Å². The maximum absolute atomic E-state index is 11.1. The van der Waals surface area contributed by atoms with Crippen molar-refractivity contribution < 1.29 is 9.53 Å². The highest BCUT2D eigenvalue weighted by atomic mass is 16.5. The molecule has 1 aromatic carbocycles. The Morgan fingerprint density at radius 2 is 1.92 bits per heavy atom. The van der Waals surface area contributed by atoms with Gasteiger partial charge in [-0.3, -0.25) is 4.79 Å². The van der Waals surface area contributed by atoms with Gasteiger partial charge in [0, 0.05) is 13.1 Å². The number of likely N-dealkylation sites (N-methyl/N-ethyl adjacent to an activating group) is 1. The number of aryl methyl sites for hydroxylation is 1. The van der Waals surface area contributed by atoms with Crippen molar-refractivity contribution in [2.45, 2.75) is 39.5 Å². The second-order valence-corrected chi connectivity index (χ2v) is 5.66. The van der Waals surface area contributed by atoms with Crippen LogP contribution >= 0.6 is 0 Å². The van der Waals surface area contributed by atoms with E-state index in [0.717, 1.165) is 44.6 Å². The zero-order chi connectivity index (χ0) is 17.6. The molecule has 0 radical (unpaired) electrons. The molecule has 132 valence electrons. The van der Waals surface area contributed by atoms with Gasteiger partial charge in [-0.05, 0) is 50.0 Å². The predicted molar refractivity (Wildman–Crippen MR) is 95.9 cm³/mol. The van der Waals surface area contributed by atoms with E-state index in [1.54, 1.807) is 0 Å². The van der Waals surface area contributed by atoms with Gasteiger partial charge in [0.1, 0.15) is 18.8 Å². The molecule has 0 aliphatic carbocycles. The quantitative estimate of drug-likeness (QED) is 0.598. The second kappa shape index (κ2) is 12.4. The summed E-state index contributed by atoms with van der Waals surface area (Å²) in [7, 11) is 0. The van der Waals surface area contributed by atoms with E-state index in [1.807, 2.05) is 18.2 Å². The van der Waals surface area contributed by atoms with Gasteiger partial charge in [-0.2, -0.15) is 5.26 Å². The monoisotopic (exact) mass is 331 g/mol. The number of unbranched alkanes of at least 4 members (excludes halogenated alkanes) is 1. The zero-order valence-corrected chi connectivity index (χ0v) is 14.9. The Morgan fingerprint density at radius 3 is 2.54 bits per heavy atom. The molecule has 0 aliphatic rings. The first-order valence-corrected chi connectivity index (χ1v) is 8.77. The summed E-state index contributed by atoms with van der Waals surface area (Å²) in [6, 6.07) is 10.1. The Balaban J connectivity index is 2.18. The van der Waals surface area contributed by atoms with Crippen molar-refractivity contribution in [3.05, 3.63) is 29.8 Å². The van der Waals surface area contributed by atoms with Gasteiger partial charge >= 0.3 is 0 Å². The number of hydrogen-bond acceptors (Lipinski definition) is 4. The van der Waals surface area contributed by atoms with Crippen LogP contribution < -0.4 is 10.1 Å². The Hall–Kier alpha value is -2.06. The number of carbonyl (C=O) groups is 1. The maximum Gasteiger partial charge on any atom is 0.234 e. The van der Waals surface area contributed by atoms with Gasteiger partial charge < -0.3 is 15.0 Å². The van der Waals surface area contributed by atoms with Crippen LogP contribution in [0.15, 0.2) is 24.3 Å². The summed E-state index contributed by atoms with van der Waals surface area (Å²) in [5.74, 6) is 0.721. The average Bonchev–Trinajstić information content (AvgIpc) is 2.60. The molecule has 0 saturated heterocycles. The fraction of sp³-hybridized carbons (Fsp3) is 0.579. The van der Waals surface area contributed by atoms with Crippen LogP contribution in [0.1, 0.15) is 38.7 Å². The van der Waals surface area contributed by atoms with Crippen LogP contribution in [0.5, 0.6) is 5.75 Å². The lowest BCUT2D eigenvalue weighted by molar-refractivity contribution is -0.120. The fourth-order valence-electron chi connectivity index (χ4n) is 2.40. The third kappa shape index (κ3) is 8.54. The molecule has 0 aromatic heterocycles. The number of hydrogen-bond donors (Lipinski definition) is 1. The van der Waals surface area contributed by atoms with Crippen molar-refractivity contribution in [2.24, 2.45) is 0 Å². The van der Waals surface area contributed by atoms with Gasteiger partial charge in [0.25, 0.3) is 0 Å². The summed E-state index contributed by atoms with van der Waals surface area (Å²) in [6.07, 6.45) is 2.85. The minimum atomic E-state index is -0.191. The molecule has 0 atom stereocenters. The van der Waals surface area contributed by atoms with Gasteiger partial charge in [0.15, 0.2) is 0 Å².